The van der Waals surface area contributed by atoms with Gasteiger partial charge in [0.25, 0.3) is 0 Å². The van der Waals surface area contributed by atoms with Crippen molar-refractivity contribution < 1.29 is 4.74 Å². The number of aromatic nitrogens is 1. The molecule has 4 heteroatoms. The second-order valence-electron chi connectivity index (χ2n) is 4.21. The molecule has 0 bridgehead atoms. The molecular weight excluding hydrogens is 220 g/mol. The van der Waals surface area contributed by atoms with Gasteiger partial charge in [-0.1, -0.05) is 6.92 Å². The highest BCUT2D eigenvalue weighted by molar-refractivity contribution is 7.09. The van der Waals surface area contributed by atoms with E-state index in [1.807, 2.05) is 0 Å². The molecule has 0 aromatic carbocycles. The molecule has 1 atom stereocenters. The molecule has 16 heavy (non-hydrogen) atoms. The van der Waals surface area contributed by atoms with Crippen LogP contribution in [0.2, 0.25) is 0 Å². The highest BCUT2D eigenvalue weighted by Crippen LogP contribution is 2.12. The van der Waals surface area contributed by atoms with Crippen molar-refractivity contribution in [3.8, 4) is 0 Å². The Kier molecular flexibility index (Phi) is 4.75. The minimum atomic E-state index is 0.415. The van der Waals surface area contributed by atoms with Crippen molar-refractivity contribution in [2.75, 3.05) is 13.2 Å². The Hall–Kier alpha value is -0.450. The van der Waals surface area contributed by atoms with Crippen LogP contribution in [0.1, 0.15) is 36.9 Å². The molecule has 1 aromatic rings. The summed E-state index contributed by atoms with van der Waals surface area (Å²) in [5.41, 5.74) is 1.16. The minimum Gasteiger partial charge on any atom is -0.377 e. The SMILES string of the molecule is CCc1nc(CNCC2CCCCO2)cs1. The van der Waals surface area contributed by atoms with Crippen LogP contribution in [0.5, 0.6) is 0 Å². The van der Waals surface area contributed by atoms with Crippen molar-refractivity contribution in [2.45, 2.75) is 45.3 Å². The van der Waals surface area contributed by atoms with Crippen LogP contribution in [0.25, 0.3) is 0 Å². The van der Waals surface area contributed by atoms with Crippen LogP contribution in [0.15, 0.2) is 5.38 Å². The summed E-state index contributed by atoms with van der Waals surface area (Å²) in [5, 5.41) is 6.80. The fourth-order valence-corrected chi connectivity index (χ4v) is 2.67. The summed E-state index contributed by atoms with van der Waals surface area (Å²) in [5.74, 6) is 0. The second-order valence-corrected chi connectivity index (χ2v) is 5.15. The third kappa shape index (κ3) is 3.54. The number of nitrogens with one attached hydrogen (secondary N) is 1. The number of hydrogen-bond donors (Lipinski definition) is 1. The van der Waals surface area contributed by atoms with Gasteiger partial charge in [-0.2, -0.15) is 0 Å². The maximum atomic E-state index is 5.66. The van der Waals surface area contributed by atoms with Crippen molar-refractivity contribution in [2.24, 2.45) is 0 Å². The standard InChI is InChI=1S/C12H20N2OS/c1-2-12-14-10(9-16-12)7-13-8-11-5-3-4-6-15-11/h9,11,13H,2-8H2,1H3. The first-order chi connectivity index (χ1) is 7.88. The molecule has 1 N–H and O–H groups in total. The second kappa shape index (κ2) is 6.33. The Labute approximate surface area is 101 Å². The molecule has 1 unspecified atom stereocenters. The van der Waals surface area contributed by atoms with Crippen LogP contribution >= 0.6 is 11.3 Å². The lowest BCUT2D eigenvalue weighted by Gasteiger charge is -2.22. The predicted molar refractivity (Wildman–Crippen MR) is 66.8 cm³/mol. The molecule has 1 aliphatic heterocycles. The monoisotopic (exact) mass is 240 g/mol. The lowest BCUT2D eigenvalue weighted by Crippen LogP contribution is -2.31. The third-order valence-corrected chi connectivity index (χ3v) is 3.90. The van der Waals surface area contributed by atoms with E-state index in [9.17, 15) is 0 Å². The number of thiazole rings is 1. The van der Waals surface area contributed by atoms with Gasteiger partial charge in [-0.05, 0) is 25.7 Å². The lowest BCUT2D eigenvalue weighted by atomic mass is 10.1. The number of ether oxygens (including phenoxy) is 1. The van der Waals surface area contributed by atoms with E-state index in [2.05, 4.69) is 22.6 Å². The topological polar surface area (TPSA) is 34.2 Å². The number of aryl methyl sites for hydroxylation is 1. The smallest absolute Gasteiger partial charge is 0.0926 e. The molecule has 3 nitrogen and oxygen atoms in total. The van der Waals surface area contributed by atoms with Crippen LogP contribution in [-0.4, -0.2) is 24.2 Å². The van der Waals surface area contributed by atoms with E-state index in [-0.39, 0.29) is 0 Å². The van der Waals surface area contributed by atoms with E-state index in [1.54, 1.807) is 11.3 Å². The first-order valence-electron chi connectivity index (χ1n) is 6.14. The predicted octanol–water partition coefficient (Wildman–Crippen LogP) is 2.36. The van der Waals surface area contributed by atoms with Crippen molar-refractivity contribution in [1.82, 2.24) is 10.3 Å². The van der Waals surface area contributed by atoms with E-state index < -0.39 is 0 Å². The van der Waals surface area contributed by atoms with Gasteiger partial charge in [0, 0.05) is 25.1 Å². The van der Waals surface area contributed by atoms with Crippen LogP contribution < -0.4 is 5.32 Å². The molecule has 0 amide bonds. The molecule has 0 spiro atoms. The summed E-state index contributed by atoms with van der Waals surface area (Å²) in [4.78, 5) is 4.53. The molecule has 1 aromatic heterocycles. The molecule has 2 heterocycles. The zero-order valence-electron chi connectivity index (χ0n) is 9.87. The van der Waals surface area contributed by atoms with Crippen molar-refractivity contribution in [1.29, 1.82) is 0 Å². The van der Waals surface area contributed by atoms with E-state index in [1.165, 1.54) is 24.3 Å². The summed E-state index contributed by atoms with van der Waals surface area (Å²) < 4.78 is 5.66. The molecule has 1 saturated heterocycles. The Morgan fingerprint density at radius 3 is 3.19 bits per heavy atom. The largest absolute Gasteiger partial charge is 0.377 e. The Balaban J connectivity index is 1.66. The average Bonchev–Trinajstić information content (AvgIpc) is 2.78. The molecule has 1 fully saturated rings. The van der Waals surface area contributed by atoms with E-state index >= 15 is 0 Å². The van der Waals surface area contributed by atoms with Gasteiger partial charge >= 0.3 is 0 Å². The average molecular weight is 240 g/mol. The van der Waals surface area contributed by atoms with Gasteiger partial charge in [0.2, 0.25) is 0 Å². The van der Waals surface area contributed by atoms with Gasteiger partial charge in [-0.25, -0.2) is 4.98 Å². The minimum absolute atomic E-state index is 0.415. The quantitative estimate of drug-likeness (QED) is 0.858. The number of rotatable bonds is 5. The van der Waals surface area contributed by atoms with Gasteiger partial charge in [-0.3, -0.25) is 0 Å². The van der Waals surface area contributed by atoms with Crippen LogP contribution in [0.4, 0.5) is 0 Å². The van der Waals surface area contributed by atoms with E-state index in [0.29, 0.717) is 6.10 Å². The molecule has 1 aliphatic rings. The molecular formula is C12H20N2OS. The Bertz CT molecular complexity index is 308. The van der Waals surface area contributed by atoms with E-state index in [4.69, 9.17) is 4.74 Å². The van der Waals surface area contributed by atoms with Crippen molar-refractivity contribution in [3.63, 3.8) is 0 Å². The molecule has 90 valence electrons. The third-order valence-electron chi connectivity index (χ3n) is 2.85. The fraction of sp³-hybridized carbons (Fsp3) is 0.750. The summed E-state index contributed by atoms with van der Waals surface area (Å²) in [6.45, 7) is 4.91. The van der Waals surface area contributed by atoms with Crippen LogP contribution in [-0.2, 0) is 17.7 Å². The summed E-state index contributed by atoms with van der Waals surface area (Å²) in [7, 11) is 0. The zero-order valence-corrected chi connectivity index (χ0v) is 10.7. The van der Waals surface area contributed by atoms with Crippen LogP contribution in [0, 0.1) is 0 Å². The summed E-state index contributed by atoms with van der Waals surface area (Å²) in [6.07, 6.45) is 5.18. The molecule has 0 aliphatic carbocycles. The first kappa shape index (κ1) is 12.0. The van der Waals surface area contributed by atoms with Gasteiger partial charge in [0.15, 0.2) is 0 Å². The van der Waals surface area contributed by atoms with Crippen molar-refractivity contribution >= 4 is 11.3 Å². The Morgan fingerprint density at radius 2 is 2.50 bits per heavy atom. The highest BCUT2D eigenvalue weighted by atomic mass is 32.1. The fourth-order valence-electron chi connectivity index (χ4n) is 1.92. The maximum Gasteiger partial charge on any atom is 0.0926 e. The van der Waals surface area contributed by atoms with Gasteiger partial charge < -0.3 is 10.1 Å². The highest BCUT2D eigenvalue weighted by Gasteiger charge is 2.13. The number of nitrogens with zero attached hydrogens (tertiary/aromatic N) is 1. The van der Waals surface area contributed by atoms with Crippen molar-refractivity contribution in [3.05, 3.63) is 16.1 Å². The molecule has 0 radical (unpaired) electrons. The molecule has 0 saturated carbocycles. The van der Waals surface area contributed by atoms with Gasteiger partial charge in [0.1, 0.15) is 0 Å². The lowest BCUT2D eigenvalue weighted by molar-refractivity contribution is 0.0167. The van der Waals surface area contributed by atoms with Crippen LogP contribution in [0.3, 0.4) is 0 Å². The Morgan fingerprint density at radius 1 is 1.56 bits per heavy atom. The van der Waals surface area contributed by atoms with Gasteiger partial charge in [-0.15, -0.1) is 11.3 Å². The first-order valence-corrected chi connectivity index (χ1v) is 7.02. The van der Waals surface area contributed by atoms with E-state index in [0.717, 1.165) is 31.8 Å². The summed E-state index contributed by atoms with van der Waals surface area (Å²) in [6, 6.07) is 0. The zero-order chi connectivity index (χ0) is 11.2. The van der Waals surface area contributed by atoms with Gasteiger partial charge in [0.05, 0.1) is 16.8 Å². The number of hydrogen-bond acceptors (Lipinski definition) is 4. The maximum absolute atomic E-state index is 5.66. The normalized spacial score (nSPS) is 21.2. The molecule has 2 rings (SSSR count). The summed E-state index contributed by atoms with van der Waals surface area (Å²) >= 11 is 1.75.